The Morgan fingerprint density at radius 3 is 2.84 bits per heavy atom. The Balaban J connectivity index is 1.85. The van der Waals surface area contributed by atoms with Crippen molar-refractivity contribution in [1.29, 1.82) is 0 Å². The van der Waals surface area contributed by atoms with Crippen LogP contribution in [0.25, 0.3) is 10.1 Å². The van der Waals surface area contributed by atoms with Gasteiger partial charge in [0.1, 0.15) is 0 Å². The monoisotopic (exact) mass is 275 g/mol. The van der Waals surface area contributed by atoms with Crippen molar-refractivity contribution in [2.24, 2.45) is 0 Å². The highest BCUT2D eigenvalue weighted by Crippen LogP contribution is 2.35. The Labute approximate surface area is 118 Å². The fraction of sp³-hybridized carbons (Fsp3) is 0.500. The zero-order valence-electron chi connectivity index (χ0n) is 11.8. The van der Waals surface area contributed by atoms with Gasteiger partial charge in [0.15, 0.2) is 0 Å². The minimum atomic E-state index is 0.331. The van der Waals surface area contributed by atoms with Gasteiger partial charge < -0.3 is 10.1 Å². The molecular weight excluding hydrogens is 254 g/mol. The zero-order chi connectivity index (χ0) is 13.4. The van der Waals surface area contributed by atoms with Crippen LogP contribution in [0.1, 0.15) is 36.8 Å². The number of aryl methyl sites for hydroxylation is 1. The predicted molar refractivity (Wildman–Crippen MR) is 81.9 cm³/mol. The number of hydrogen-bond donors (Lipinski definition) is 1. The van der Waals surface area contributed by atoms with E-state index in [1.807, 2.05) is 11.3 Å². The molecule has 1 aromatic heterocycles. The van der Waals surface area contributed by atoms with Crippen molar-refractivity contribution in [3.63, 3.8) is 0 Å². The summed E-state index contributed by atoms with van der Waals surface area (Å²) in [5.41, 5.74) is 1.42. The second-order valence-electron chi connectivity index (χ2n) is 5.45. The molecule has 102 valence electrons. The van der Waals surface area contributed by atoms with Crippen LogP contribution in [0.2, 0.25) is 0 Å². The van der Waals surface area contributed by atoms with Crippen molar-refractivity contribution in [3.05, 3.63) is 34.7 Å². The van der Waals surface area contributed by atoms with Crippen molar-refractivity contribution >= 4 is 21.4 Å². The average molecular weight is 275 g/mol. The first kappa shape index (κ1) is 13.1. The van der Waals surface area contributed by atoms with Crippen molar-refractivity contribution in [2.45, 2.75) is 45.4 Å². The minimum absolute atomic E-state index is 0.331. The van der Waals surface area contributed by atoms with Crippen LogP contribution in [0.5, 0.6) is 0 Å². The minimum Gasteiger partial charge on any atom is -0.377 e. The molecule has 0 saturated carbocycles. The van der Waals surface area contributed by atoms with Gasteiger partial charge in [-0.05, 0) is 44.2 Å². The molecule has 3 heteroatoms. The third kappa shape index (κ3) is 2.42. The molecule has 1 aliphatic heterocycles. The Morgan fingerprint density at radius 2 is 2.16 bits per heavy atom. The van der Waals surface area contributed by atoms with Crippen LogP contribution in [-0.2, 0) is 4.74 Å². The van der Waals surface area contributed by atoms with Gasteiger partial charge in [0.05, 0.1) is 6.10 Å². The molecule has 3 rings (SSSR count). The van der Waals surface area contributed by atoms with Gasteiger partial charge in [-0.1, -0.05) is 18.2 Å². The number of thiophene rings is 1. The van der Waals surface area contributed by atoms with E-state index in [-0.39, 0.29) is 0 Å². The van der Waals surface area contributed by atoms with Crippen molar-refractivity contribution in [3.8, 4) is 0 Å². The fourth-order valence-corrected chi connectivity index (χ4v) is 4.18. The van der Waals surface area contributed by atoms with E-state index in [4.69, 9.17) is 4.74 Å². The molecule has 2 aromatic rings. The second kappa shape index (κ2) is 5.23. The molecule has 3 atom stereocenters. The standard InChI is InChI=1S/C16H21NOS/c1-10-13-6-4-5-7-15(13)19-16(10)11(2)17-14-8-9-18-12(14)3/h4-7,11-12,14,17H,8-9H2,1-3H3. The van der Waals surface area contributed by atoms with Crippen molar-refractivity contribution < 1.29 is 4.74 Å². The highest BCUT2D eigenvalue weighted by atomic mass is 32.1. The fourth-order valence-electron chi connectivity index (χ4n) is 2.95. The van der Waals surface area contributed by atoms with E-state index in [0.29, 0.717) is 18.2 Å². The number of ether oxygens (including phenoxy) is 1. The van der Waals surface area contributed by atoms with Gasteiger partial charge in [-0.3, -0.25) is 0 Å². The molecule has 0 amide bonds. The summed E-state index contributed by atoms with van der Waals surface area (Å²) in [4.78, 5) is 1.46. The summed E-state index contributed by atoms with van der Waals surface area (Å²) in [6, 6.07) is 9.55. The number of fused-ring (bicyclic) bond motifs is 1. The molecule has 0 aliphatic carbocycles. The SMILES string of the molecule is Cc1c(C(C)NC2CCOC2C)sc2ccccc12. The predicted octanol–water partition coefficient (Wildman–Crippen LogP) is 4.04. The number of nitrogens with one attached hydrogen (secondary N) is 1. The number of hydrogen-bond acceptors (Lipinski definition) is 3. The molecule has 1 saturated heterocycles. The summed E-state index contributed by atoms with van der Waals surface area (Å²) in [7, 11) is 0. The summed E-state index contributed by atoms with van der Waals surface area (Å²) in [5.74, 6) is 0. The lowest BCUT2D eigenvalue weighted by Gasteiger charge is -2.21. The molecule has 0 bridgehead atoms. The molecule has 2 heterocycles. The second-order valence-corrected chi connectivity index (χ2v) is 6.53. The van der Waals surface area contributed by atoms with E-state index < -0.39 is 0 Å². The average Bonchev–Trinajstić information content (AvgIpc) is 2.95. The van der Waals surface area contributed by atoms with E-state index >= 15 is 0 Å². The third-order valence-corrected chi connectivity index (χ3v) is 5.57. The van der Waals surface area contributed by atoms with E-state index in [2.05, 4.69) is 50.4 Å². The van der Waals surface area contributed by atoms with Gasteiger partial charge in [0, 0.05) is 28.3 Å². The van der Waals surface area contributed by atoms with Gasteiger partial charge in [0.25, 0.3) is 0 Å². The molecule has 2 nitrogen and oxygen atoms in total. The quantitative estimate of drug-likeness (QED) is 0.913. The van der Waals surface area contributed by atoms with E-state index in [0.717, 1.165) is 13.0 Å². The normalized spacial score (nSPS) is 25.0. The van der Waals surface area contributed by atoms with Crippen LogP contribution in [0.4, 0.5) is 0 Å². The molecule has 0 spiro atoms. The summed E-state index contributed by atoms with van der Waals surface area (Å²) in [6.07, 6.45) is 1.45. The third-order valence-electron chi connectivity index (χ3n) is 4.11. The highest BCUT2D eigenvalue weighted by Gasteiger charge is 2.26. The Kier molecular flexibility index (Phi) is 3.61. The molecule has 19 heavy (non-hydrogen) atoms. The van der Waals surface area contributed by atoms with Crippen LogP contribution in [-0.4, -0.2) is 18.8 Å². The number of benzene rings is 1. The lowest BCUT2D eigenvalue weighted by Crippen LogP contribution is -2.36. The first-order valence-corrected chi connectivity index (χ1v) is 7.84. The van der Waals surface area contributed by atoms with Crippen LogP contribution in [0.3, 0.4) is 0 Å². The van der Waals surface area contributed by atoms with E-state index in [1.165, 1.54) is 20.5 Å². The maximum Gasteiger partial charge on any atom is 0.0700 e. The van der Waals surface area contributed by atoms with E-state index in [9.17, 15) is 0 Å². The lowest BCUT2D eigenvalue weighted by molar-refractivity contribution is 0.111. The van der Waals surface area contributed by atoms with Gasteiger partial charge in [-0.2, -0.15) is 0 Å². The van der Waals surface area contributed by atoms with Gasteiger partial charge in [-0.15, -0.1) is 11.3 Å². The first-order chi connectivity index (χ1) is 9.16. The molecule has 3 unspecified atom stereocenters. The Hall–Kier alpha value is -0.900. The molecule has 0 radical (unpaired) electrons. The van der Waals surface area contributed by atoms with Crippen molar-refractivity contribution in [2.75, 3.05) is 6.61 Å². The van der Waals surface area contributed by atoms with Crippen molar-refractivity contribution in [1.82, 2.24) is 5.32 Å². The smallest absolute Gasteiger partial charge is 0.0700 e. The van der Waals surface area contributed by atoms with Crippen LogP contribution in [0.15, 0.2) is 24.3 Å². The Bertz CT molecular complexity index is 577. The topological polar surface area (TPSA) is 21.3 Å². The van der Waals surface area contributed by atoms with Gasteiger partial charge in [-0.25, -0.2) is 0 Å². The lowest BCUT2D eigenvalue weighted by atomic mass is 10.1. The molecular formula is C16H21NOS. The molecule has 1 N–H and O–H groups in total. The van der Waals surface area contributed by atoms with Crippen LogP contribution >= 0.6 is 11.3 Å². The maximum absolute atomic E-state index is 5.63. The summed E-state index contributed by atoms with van der Waals surface area (Å²) in [5, 5.41) is 5.13. The maximum atomic E-state index is 5.63. The van der Waals surface area contributed by atoms with Crippen LogP contribution < -0.4 is 5.32 Å². The molecule has 1 aromatic carbocycles. The summed E-state index contributed by atoms with van der Waals surface area (Å²) >= 11 is 1.91. The molecule has 1 fully saturated rings. The number of rotatable bonds is 3. The Morgan fingerprint density at radius 1 is 1.37 bits per heavy atom. The first-order valence-electron chi connectivity index (χ1n) is 7.02. The van der Waals surface area contributed by atoms with Crippen LogP contribution in [0, 0.1) is 6.92 Å². The largest absolute Gasteiger partial charge is 0.377 e. The highest BCUT2D eigenvalue weighted by molar-refractivity contribution is 7.19. The zero-order valence-corrected chi connectivity index (χ0v) is 12.6. The molecule has 1 aliphatic rings. The summed E-state index contributed by atoms with van der Waals surface area (Å²) < 4.78 is 7.02. The van der Waals surface area contributed by atoms with Gasteiger partial charge >= 0.3 is 0 Å². The van der Waals surface area contributed by atoms with E-state index in [1.54, 1.807) is 0 Å². The summed E-state index contributed by atoms with van der Waals surface area (Å²) in [6.45, 7) is 7.55. The van der Waals surface area contributed by atoms with Gasteiger partial charge in [0.2, 0.25) is 0 Å².